The van der Waals surface area contributed by atoms with Crippen LogP contribution in [0, 0.1) is 13.8 Å². The van der Waals surface area contributed by atoms with Crippen molar-refractivity contribution in [2.24, 2.45) is 0 Å². The minimum Gasteiger partial charge on any atom is -0.507 e. The van der Waals surface area contributed by atoms with E-state index >= 15 is 0 Å². The van der Waals surface area contributed by atoms with Crippen LogP contribution in [0.2, 0.25) is 0 Å². The minimum absolute atomic E-state index is 0.0178. The van der Waals surface area contributed by atoms with Gasteiger partial charge in [0.2, 0.25) is 0 Å². The zero-order chi connectivity index (χ0) is 17.8. The topological polar surface area (TPSA) is 20.2 Å². The van der Waals surface area contributed by atoms with Gasteiger partial charge in [0.25, 0.3) is 0 Å². The summed E-state index contributed by atoms with van der Waals surface area (Å²) in [6.07, 6.45) is 0. The predicted octanol–water partition coefficient (Wildman–Crippen LogP) is 6.29. The Hall–Kier alpha value is -1.76. The van der Waals surface area contributed by atoms with Crippen LogP contribution in [0.25, 0.3) is 0 Å². The number of rotatable bonds is 0. The highest BCUT2D eigenvalue weighted by Crippen LogP contribution is 2.39. The lowest BCUT2D eigenvalue weighted by molar-refractivity contribution is 0.423. The maximum absolute atomic E-state index is 10.4. The molecule has 0 saturated heterocycles. The molecule has 2 aromatic carbocycles. The molecule has 126 valence electrons. The van der Waals surface area contributed by atoms with Gasteiger partial charge in [-0.1, -0.05) is 95.1 Å². The van der Waals surface area contributed by atoms with Crippen molar-refractivity contribution in [3.05, 3.63) is 64.7 Å². The van der Waals surface area contributed by atoms with E-state index in [-0.39, 0.29) is 10.8 Å². The summed E-state index contributed by atoms with van der Waals surface area (Å²) in [5.74, 6) is 0.464. The molecule has 0 spiro atoms. The first-order chi connectivity index (χ1) is 10.4. The number of aromatic hydroxyl groups is 1. The Morgan fingerprint density at radius 3 is 1.30 bits per heavy atom. The van der Waals surface area contributed by atoms with Crippen LogP contribution in [0.5, 0.6) is 5.75 Å². The first-order valence-corrected chi connectivity index (χ1v) is 8.29. The Morgan fingerprint density at radius 1 is 0.652 bits per heavy atom. The number of aryl methyl sites for hydroxylation is 2. The predicted molar refractivity (Wildman–Crippen MR) is 101 cm³/mol. The maximum Gasteiger partial charge on any atom is 0.123 e. The van der Waals surface area contributed by atoms with Crippen LogP contribution in [0.1, 0.15) is 63.8 Å². The average Bonchev–Trinajstić information content (AvgIpc) is 2.40. The Morgan fingerprint density at radius 2 is 1.04 bits per heavy atom. The third-order valence-electron chi connectivity index (χ3n) is 3.81. The average molecular weight is 312 g/mol. The van der Waals surface area contributed by atoms with E-state index in [1.54, 1.807) is 0 Å². The van der Waals surface area contributed by atoms with Crippen LogP contribution in [0.3, 0.4) is 0 Å². The molecule has 0 saturated carbocycles. The lowest BCUT2D eigenvalue weighted by Crippen LogP contribution is -2.17. The summed E-state index contributed by atoms with van der Waals surface area (Å²) in [5, 5.41) is 10.4. The third kappa shape index (κ3) is 5.74. The van der Waals surface area contributed by atoms with E-state index in [4.69, 9.17) is 0 Å². The Labute approximate surface area is 142 Å². The number of benzene rings is 2. The largest absolute Gasteiger partial charge is 0.507 e. The summed E-state index contributed by atoms with van der Waals surface area (Å²) < 4.78 is 0. The van der Waals surface area contributed by atoms with E-state index in [1.807, 2.05) is 18.2 Å². The molecule has 0 amide bonds. The Bertz CT molecular complexity index is 590. The van der Waals surface area contributed by atoms with E-state index in [9.17, 15) is 5.11 Å². The Kier molecular flexibility index (Phi) is 6.04. The molecule has 0 heterocycles. The molecule has 2 aromatic rings. The van der Waals surface area contributed by atoms with Gasteiger partial charge in [-0.05, 0) is 35.8 Å². The van der Waals surface area contributed by atoms with Gasteiger partial charge in [0.05, 0.1) is 0 Å². The number of phenols is 1. The van der Waals surface area contributed by atoms with Crippen molar-refractivity contribution in [3.8, 4) is 5.75 Å². The van der Waals surface area contributed by atoms with Gasteiger partial charge >= 0.3 is 0 Å². The van der Waals surface area contributed by atoms with Crippen molar-refractivity contribution in [3.63, 3.8) is 0 Å². The van der Waals surface area contributed by atoms with Gasteiger partial charge in [0.1, 0.15) is 5.75 Å². The SMILES string of the molecule is Cc1cc(C(C)(C)C)c(O)c(C(C)(C)C)c1.Cc1ccccc1. The van der Waals surface area contributed by atoms with Gasteiger partial charge in [-0.25, -0.2) is 0 Å². The van der Waals surface area contributed by atoms with Crippen molar-refractivity contribution in [2.45, 2.75) is 66.2 Å². The van der Waals surface area contributed by atoms with Crippen molar-refractivity contribution in [1.29, 1.82) is 0 Å². The summed E-state index contributed by atoms with van der Waals surface area (Å²) in [4.78, 5) is 0. The van der Waals surface area contributed by atoms with Gasteiger partial charge < -0.3 is 5.11 Å². The second-order valence-corrected chi connectivity index (χ2v) is 8.36. The standard InChI is InChI=1S/C15H24O.C7H8/c1-10-8-11(14(2,3)4)13(16)12(9-10)15(5,6)7;1-7-5-3-2-4-6-7/h8-9,16H,1-7H3;2-6H,1H3. The first-order valence-electron chi connectivity index (χ1n) is 8.29. The zero-order valence-corrected chi connectivity index (χ0v) is 16.0. The molecule has 23 heavy (non-hydrogen) atoms. The minimum atomic E-state index is -0.0178. The molecule has 0 aliphatic carbocycles. The van der Waals surface area contributed by atoms with Crippen LogP contribution in [0.4, 0.5) is 0 Å². The van der Waals surface area contributed by atoms with E-state index in [1.165, 1.54) is 11.1 Å². The molecular weight excluding hydrogens is 280 g/mol. The molecular formula is C22H32O. The molecule has 0 aromatic heterocycles. The summed E-state index contributed by atoms with van der Waals surface area (Å²) in [6, 6.07) is 14.4. The van der Waals surface area contributed by atoms with E-state index < -0.39 is 0 Å². The molecule has 0 fully saturated rings. The lowest BCUT2D eigenvalue weighted by atomic mass is 9.78. The summed E-state index contributed by atoms with van der Waals surface area (Å²) >= 11 is 0. The van der Waals surface area contributed by atoms with Crippen LogP contribution in [0.15, 0.2) is 42.5 Å². The highest BCUT2D eigenvalue weighted by molar-refractivity contribution is 5.49. The van der Waals surface area contributed by atoms with Crippen LogP contribution in [-0.2, 0) is 10.8 Å². The number of hydrogen-bond donors (Lipinski definition) is 1. The van der Waals surface area contributed by atoms with Gasteiger partial charge in [-0.15, -0.1) is 0 Å². The smallest absolute Gasteiger partial charge is 0.123 e. The summed E-state index contributed by atoms with van der Waals surface area (Å²) in [6.45, 7) is 17.0. The second-order valence-electron chi connectivity index (χ2n) is 8.36. The van der Waals surface area contributed by atoms with Gasteiger partial charge in [-0.3, -0.25) is 0 Å². The molecule has 0 bridgehead atoms. The molecule has 0 atom stereocenters. The van der Waals surface area contributed by atoms with Crippen molar-refractivity contribution < 1.29 is 5.11 Å². The zero-order valence-electron chi connectivity index (χ0n) is 16.0. The van der Waals surface area contributed by atoms with Crippen molar-refractivity contribution in [1.82, 2.24) is 0 Å². The van der Waals surface area contributed by atoms with Gasteiger partial charge in [0.15, 0.2) is 0 Å². The maximum atomic E-state index is 10.4. The van der Waals surface area contributed by atoms with E-state index in [0.717, 1.165) is 11.1 Å². The molecule has 2 rings (SSSR count). The third-order valence-corrected chi connectivity index (χ3v) is 3.81. The van der Waals surface area contributed by atoms with Gasteiger partial charge in [0, 0.05) is 0 Å². The normalized spacial score (nSPS) is 11.7. The fraction of sp³-hybridized carbons (Fsp3) is 0.455. The lowest BCUT2D eigenvalue weighted by Gasteiger charge is -2.27. The monoisotopic (exact) mass is 312 g/mol. The Balaban J connectivity index is 0.000000313. The fourth-order valence-electron chi connectivity index (χ4n) is 2.46. The van der Waals surface area contributed by atoms with Crippen molar-refractivity contribution >= 4 is 0 Å². The quantitative estimate of drug-likeness (QED) is 0.606. The molecule has 0 radical (unpaired) electrons. The van der Waals surface area contributed by atoms with Crippen LogP contribution in [-0.4, -0.2) is 5.11 Å². The molecule has 1 N–H and O–H groups in total. The summed E-state index contributed by atoms with van der Waals surface area (Å²) in [7, 11) is 0. The highest BCUT2D eigenvalue weighted by atomic mass is 16.3. The van der Waals surface area contributed by atoms with Crippen LogP contribution >= 0.6 is 0 Å². The second kappa shape index (κ2) is 7.21. The number of hydrogen-bond acceptors (Lipinski definition) is 1. The highest BCUT2D eigenvalue weighted by Gasteiger charge is 2.25. The molecule has 1 heteroatoms. The summed E-state index contributed by atoms with van der Waals surface area (Å²) in [5.41, 5.74) is 4.58. The van der Waals surface area contributed by atoms with Crippen molar-refractivity contribution in [2.75, 3.05) is 0 Å². The molecule has 0 aliphatic rings. The van der Waals surface area contributed by atoms with Gasteiger partial charge in [-0.2, -0.15) is 0 Å². The molecule has 0 unspecified atom stereocenters. The first kappa shape index (κ1) is 19.3. The van der Waals surface area contributed by atoms with Crippen LogP contribution < -0.4 is 0 Å². The molecule has 1 nitrogen and oxygen atoms in total. The number of phenolic OH excluding ortho intramolecular Hbond substituents is 1. The van der Waals surface area contributed by atoms with E-state index in [2.05, 4.69) is 79.7 Å². The molecule has 0 aliphatic heterocycles. The van der Waals surface area contributed by atoms with E-state index in [0.29, 0.717) is 5.75 Å². The fourth-order valence-corrected chi connectivity index (χ4v) is 2.46.